The lowest BCUT2D eigenvalue weighted by molar-refractivity contribution is -0.132. The first-order valence-electron chi connectivity index (χ1n) is 10.9. The van der Waals surface area contributed by atoms with Crippen LogP contribution in [0.1, 0.15) is 35.2 Å². The molecule has 1 aliphatic heterocycles. The topological polar surface area (TPSA) is 70.5 Å². The van der Waals surface area contributed by atoms with E-state index in [1.165, 1.54) is 21.8 Å². The van der Waals surface area contributed by atoms with Crippen molar-refractivity contribution in [1.29, 1.82) is 0 Å². The van der Waals surface area contributed by atoms with Crippen LogP contribution in [0.5, 0.6) is 0 Å². The summed E-state index contributed by atoms with van der Waals surface area (Å²) in [6.45, 7) is 4.03. The molecule has 0 bridgehead atoms. The van der Waals surface area contributed by atoms with E-state index < -0.39 is 17.7 Å². The second kappa shape index (κ2) is 8.81. The molecule has 0 radical (unpaired) electrons. The van der Waals surface area contributed by atoms with Crippen molar-refractivity contribution < 1.29 is 14.7 Å². The number of aryl methyl sites for hydroxylation is 2. The largest absolute Gasteiger partial charge is 0.507 e. The Bertz CT molecular complexity index is 1470. The summed E-state index contributed by atoms with van der Waals surface area (Å²) in [6, 6.07) is 19.9. The van der Waals surface area contributed by atoms with Gasteiger partial charge in [0, 0.05) is 10.0 Å². The third kappa shape index (κ3) is 3.85. The third-order valence-corrected chi connectivity index (χ3v) is 7.50. The molecule has 0 aliphatic carbocycles. The highest BCUT2D eigenvalue weighted by Crippen LogP contribution is 2.44. The maximum atomic E-state index is 13.4. The van der Waals surface area contributed by atoms with Crippen molar-refractivity contribution in [2.24, 2.45) is 0 Å². The fourth-order valence-electron chi connectivity index (χ4n) is 4.17. The predicted octanol–water partition coefficient (Wildman–Crippen LogP) is 6.56. The van der Waals surface area contributed by atoms with Crippen LogP contribution in [0, 0.1) is 6.92 Å². The van der Waals surface area contributed by atoms with Crippen molar-refractivity contribution in [3.05, 3.63) is 99.0 Å². The first kappa shape index (κ1) is 22.5. The minimum atomic E-state index is -0.801. The van der Waals surface area contributed by atoms with Crippen LogP contribution >= 0.6 is 27.3 Å². The number of carbonyl (C=O) groups is 2. The number of halogens is 1. The quantitative estimate of drug-likeness (QED) is 0.183. The third-order valence-electron chi connectivity index (χ3n) is 5.99. The average Bonchev–Trinajstić information content (AvgIpc) is 3.36. The fraction of sp³-hybridized carbons (Fsp3) is 0.148. The van der Waals surface area contributed by atoms with Gasteiger partial charge in [-0.2, -0.15) is 0 Å². The maximum Gasteiger partial charge on any atom is 0.301 e. The number of hydrogen-bond acceptors (Lipinski definition) is 5. The van der Waals surface area contributed by atoms with E-state index in [1.54, 1.807) is 12.1 Å². The molecule has 1 N–H and O–H groups in total. The van der Waals surface area contributed by atoms with Crippen molar-refractivity contribution in [3.8, 4) is 0 Å². The molecule has 5 nitrogen and oxygen atoms in total. The van der Waals surface area contributed by atoms with Gasteiger partial charge < -0.3 is 5.11 Å². The number of carbonyl (C=O) groups excluding carboxylic acids is 2. The molecule has 0 unspecified atom stereocenters. The lowest BCUT2D eigenvalue weighted by atomic mass is 9.95. The van der Waals surface area contributed by atoms with Crippen molar-refractivity contribution in [2.45, 2.75) is 26.3 Å². The summed E-state index contributed by atoms with van der Waals surface area (Å²) >= 11 is 4.86. The summed E-state index contributed by atoms with van der Waals surface area (Å²) in [6.07, 6.45) is 0.891. The molecule has 0 saturated carbocycles. The number of ketones is 1. The van der Waals surface area contributed by atoms with E-state index in [-0.39, 0.29) is 11.3 Å². The van der Waals surface area contributed by atoms with Crippen LogP contribution in [0.4, 0.5) is 5.13 Å². The van der Waals surface area contributed by atoms with Gasteiger partial charge in [-0.05, 0) is 48.7 Å². The van der Waals surface area contributed by atoms with Crippen molar-refractivity contribution in [2.75, 3.05) is 4.90 Å². The number of benzene rings is 3. The number of rotatable bonds is 4. The minimum Gasteiger partial charge on any atom is -0.507 e. The number of aliphatic hydroxyl groups is 1. The Hall–Kier alpha value is -3.29. The van der Waals surface area contributed by atoms with Gasteiger partial charge in [-0.3, -0.25) is 14.5 Å². The Morgan fingerprint density at radius 3 is 2.56 bits per heavy atom. The number of thiazole rings is 1. The second-order valence-electron chi connectivity index (χ2n) is 8.24. The Morgan fingerprint density at radius 1 is 1.09 bits per heavy atom. The van der Waals surface area contributed by atoms with Gasteiger partial charge in [0.05, 0.1) is 21.8 Å². The number of aromatic nitrogens is 1. The molecule has 7 heteroatoms. The second-order valence-corrected chi connectivity index (χ2v) is 10.2. The zero-order chi connectivity index (χ0) is 24.0. The monoisotopic (exact) mass is 532 g/mol. The molecule has 34 heavy (non-hydrogen) atoms. The summed E-state index contributed by atoms with van der Waals surface area (Å²) in [5.41, 5.74) is 4.22. The lowest BCUT2D eigenvalue weighted by Crippen LogP contribution is -2.29. The lowest BCUT2D eigenvalue weighted by Gasteiger charge is -2.23. The maximum absolute atomic E-state index is 13.4. The van der Waals surface area contributed by atoms with Gasteiger partial charge in [0.15, 0.2) is 5.13 Å². The first-order valence-corrected chi connectivity index (χ1v) is 12.5. The van der Waals surface area contributed by atoms with E-state index >= 15 is 0 Å². The molecule has 4 aromatic rings. The van der Waals surface area contributed by atoms with Crippen LogP contribution in [0.15, 0.2) is 76.8 Å². The summed E-state index contributed by atoms with van der Waals surface area (Å²) < 4.78 is 1.76. The highest BCUT2D eigenvalue weighted by Gasteiger charge is 2.48. The van der Waals surface area contributed by atoms with E-state index in [4.69, 9.17) is 0 Å². The van der Waals surface area contributed by atoms with E-state index in [0.717, 1.165) is 26.7 Å². The predicted molar refractivity (Wildman–Crippen MR) is 139 cm³/mol. The smallest absolute Gasteiger partial charge is 0.301 e. The standard InChI is InChI=1S/C27H21BrN2O3S/c1-3-16-9-12-20-21(13-16)34-27(29-20)30-23(18-5-4-6-19(28)14-18)22(25(32)26(30)33)24(31)17-10-7-15(2)8-11-17/h4-14,23,31H,3H2,1-2H3/t23-/m1/s1. The van der Waals surface area contributed by atoms with Crippen molar-refractivity contribution in [1.82, 2.24) is 4.98 Å². The SMILES string of the molecule is CCc1ccc2nc(N3C(=O)C(=O)C(=C(O)c4ccc(C)cc4)[C@H]3c3cccc(Br)c3)sc2c1. The molecule has 1 fully saturated rings. The van der Waals surface area contributed by atoms with Gasteiger partial charge in [0.25, 0.3) is 5.78 Å². The Morgan fingerprint density at radius 2 is 1.85 bits per heavy atom. The van der Waals surface area contributed by atoms with Crippen LogP contribution in [-0.4, -0.2) is 21.8 Å². The van der Waals surface area contributed by atoms with Crippen LogP contribution in [-0.2, 0) is 16.0 Å². The number of nitrogens with zero attached hydrogens (tertiary/aromatic N) is 2. The summed E-state index contributed by atoms with van der Waals surface area (Å²) in [4.78, 5) is 32.8. The summed E-state index contributed by atoms with van der Waals surface area (Å²) in [7, 11) is 0. The Labute approximate surface area is 209 Å². The molecule has 2 heterocycles. The van der Waals surface area contributed by atoms with Crippen LogP contribution in [0.2, 0.25) is 0 Å². The molecule has 1 aliphatic rings. The fourth-order valence-corrected chi connectivity index (χ4v) is 5.64. The van der Waals surface area contributed by atoms with Crippen LogP contribution in [0.3, 0.4) is 0 Å². The molecule has 170 valence electrons. The molecular weight excluding hydrogens is 512 g/mol. The number of aliphatic hydroxyl groups excluding tert-OH is 1. The molecule has 0 spiro atoms. The van der Waals surface area contributed by atoms with Gasteiger partial charge >= 0.3 is 5.91 Å². The van der Waals surface area contributed by atoms with E-state index in [9.17, 15) is 14.7 Å². The van der Waals surface area contributed by atoms with Gasteiger partial charge in [0.1, 0.15) is 5.76 Å². The molecule has 3 aromatic carbocycles. The highest BCUT2D eigenvalue weighted by molar-refractivity contribution is 9.10. The molecule has 1 amide bonds. The molecular formula is C27H21BrN2O3S. The van der Waals surface area contributed by atoms with E-state index in [2.05, 4.69) is 33.9 Å². The normalized spacial score (nSPS) is 17.6. The number of Topliss-reactive ketones (excluding diaryl/α,β-unsaturated/α-hetero) is 1. The zero-order valence-corrected chi connectivity index (χ0v) is 21.0. The van der Waals surface area contributed by atoms with Gasteiger partial charge in [0.2, 0.25) is 0 Å². The van der Waals surface area contributed by atoms with E-state index in [1.807, 2.05) is 55.5 Å². The van der Waals surface area contributed by atoms with Crippen LogP contribution in [0.25, 0.3) is 16.0 Å². The van der Waals surface area contributed by atoms with Crippen molar-refractivity contribution >= 4 is 60.1 Å². The molecule has 1 aromatic heterocycles. The first-order chi connectivity index (χ1) is 16.4. The van der Waals surface area contributed by atoms with Gasteiger partial charge in [-0.25, -0.2) is 4.98 Å². The van der Waals surface area contributed by atoms with E-state index in [0.29, 0.717) is 16.3 Å². The average molecular weight is 533 g/mol. The number of anilines is 1. The van der Waals surface area contributed by atoms with Gasteiger partial charge in [-0.1, -0.05) is 82.2 Å². The van der Waals surface area contributed by atoms with Crippen molar-refractivity contribution in [3.63, 3.8) is 0 Å². The minimum absolute atomic E-state index is 0.0560. The Balaban J connectivity index is 1.72. The number of hydrogen-bond donors (Lipinski definition) is 1. The molecule has 5 rings (SSSR count). The summed E-state index contributed by atoms with van der Waals surface area (Å²) in [5, 5.41) is 11.7. The van der Waals surface area contributed by atoms with Gasteiger partial charge in [-0.15, -0.1) is 0 Å². The van der Waals surface area contributed by atoms with Crippen LogP contribution < -0.4 is 4.90 Å². The molecule has 1 atom stereocenters. The number of amides is 1. The molecule has 1 saturated heterocycles. The number of fused-ring (bicyclic) bond motifs is 1. The highest BCUT2D eigenvalue weighted by atomic mass is 79.9. The Kier molecular flexibility index (Phi) is 5.83. The zero-order valence-electron chi connectivity index (χ0n) is 18.6. The summed E-state index contributed by atoms with van der Waals surface area (Å²) in [5.74, 6) is -1.62.